The molecule has 0 heterocycles. The fourth-order valence-electron chi connectivity index (χ4n) is 1.71. The van der Waals surface area contributed by atoms with Crippen molar-refractivity contribution in [2.75, 3.05) is 6.54 Å². The number of benzene rings is 1. The highest BCUT2D eigenvalue weighted by atomic mass is 35.5. The van der Waals surface area contributed by atoms with Crippen LogP contribution in [0.3, 0.4) is 0 Å². The maximum absolute atomic E-state index is 11.7. The number of hydrogen-bond acceptors (Lipinski definition) is 3. The summed E-state index contributed by atoms with van der Waals surface area (Å²) < 4.78 is 0. The Balaban J connectivity index is 2.39. The van der Waals surface area contributed by atoms with Crippen molar-refractivity contribution >= 4 is 23.5 Å². The number of amides is 3. The number of halogens is 1. The summed E-state index contributed by atoms with van der Waals surface area (Å²) in [4.78, 5) is 23.2. The van der Waals surface area contributed by atoms with Crippen LogP contribution in [0.15, 0.2) is 24.3 Å². The van der Waals surface area contributed by atoms with Gasteiger partial charge in [0.25, 0.3) is 0 Å². The molecule has 2 atom stereocenters. The van der Waals surface area contributed by atoms with Crippen molar-refractivity contribution in [1.29, 1.82) is 0 Å². The van der Waals surface area contributed by atoms with Gasteiger partial charge in [0.1, 0.15) is 0 Å². The van der Waals surface area contributed by atoms with Gasteiger partial charge in [0.15, 0.2) is 0 Å². The van der Waals surface area contributed by atoms with Crippen molar-refractivity contribution in [2.45, 2.75) is 39.3 Å². The second kappa shape index (κ2) is 8.64. The largest absolute Gasteiger partial charge is 0.335 e. The Morgan fingerprint density at radius 1 is 1.24 bits per heavy atom. The number of carbonyl (C=O) groups is 2. The number of nitrogens with one attached hydrogen (secondary N) is 3. The van der Waals surface area contributed by atoms with Crippen LogP contribution in [-0.4, -0.2) is 24.5 Å². The normalized spacial score (nSPS) is 13.3. The lowest BCUT2D eigenvalue weighted by molar-refractivity contribution is -0.119. The van der Waals surface area contributed by atoms with E-state index in [4.69, 9.17) is 11.6 Å². The molecule has 1 aromatic carbocycles. The third-order valence-electron chi connectivity index (χ3n) is 3.18. The summed E-state index contributed by atoms with van der Waals surface area (Å²) in [5, 5.41) is 8.63. The summed E-state index contributed by atoms with van der Waals surface area (Å²) in [5.74, 6) is -0.380. The molecule has 0 radical (unpaired) electrons. The van der Waals surface area contributed by atoms with Crippen LogP contribution in [0.25, 0.3) is 0 Å². The molecule has 0 fully saturated rings. The summed E-state index contributed by atoms with van der Waals surface area (Å²) in [6.45, 7) is 5.79. The molecule has 0 saturated carbocycles. The van der Waals surface area contributed by atoms with E-state index in [9.17, 15) is 9.59 Å². The number of rotatable bonds is 6. The Bertz CT molecular complexity index is 494. The Hall–Kier alpha value is -1.59. The van der Waals surface area contributed by atoms with Gasteiger partial charge in [0, 0.05) is 17.1 Å². The first-order valence-electron chi connectivity index (χ1n) is 7.02. The van der Waals surface area contributed by atoms with Crippen molar-refractivity contribution < 1.29 is 9.59 Å². The lowest BCUT2D eigenvalue weighted by atomic mass is 10.1. The van der Waals surface area contributed by atoms with Crippen LogP contribution >= 0.6 is 11.6 Å². The number of hydrogen-bond donors (Lipinski definition) is 3. The minimum Gasteiger partial charge on any atom is -0.335 e. The molecule has 6 heteroatoms. The predicted molar refractivity (Wildman–Crippen MR) is 84.3 cm³/mol. The molecule has 21 heavy (non-hydrogen) atoms. The highest BCUT2D eigenvalue weighted by Crippen LogP contribution is 2.21. The van der Waals surface area contributed by atoms with Gasteiger partial charge < -0.3 is 10.6 Å². The second-order valence-electron chi connectivity index (χ2n) is 4.96. The minimum atomic E-state index is -0.471. The first-order valence-corrected chi connectivity index (χ1v) is 7.40. The second-order valence-corrected chi connectivity index (χ2v) is 5.36. The van der Waals surface area contributed by atoms with Crippen LogP contribution in [0.1, 0.15) is 38.8 Å². The van der Waals surface area contributed by atoms with Crippen molar-refractivity contribution in [3.63, 3.8) is 0 Å². The van der Waals surface area contributed by atoms with E-state index in [1.807, 2.05) is 39.0 Å². The molecule has 3 amide bonds. The molecule has 1 rings (SSSR count). The molecular formula is C15H22ClN3O2. The zero-order chi connectivity index (χ0) is 15.8. The van der Waals surface area contributed by atoms with Crippen molar-refractivity contribution in [3.8, 4) is 0 Å². The van der Waals surface area contributed by atoms with Gasteiger partial charge in [-0.05, 0) is 31.9 Å². The van der Waals surface area contributed by atoms with Gasteiger partial charge >= 0.3 is 6.03 Å². The molecule has 0 aromatic heterocycles. The van der Waals surface area contributed by atoms with Gasteiger partial charge in [-0.15, -0.1) is 0 Å². The van der Waals surface area contributed by atoms with Gasteiger partial charge in [0.2, 0.25) is 5.91 Å². The lowest BCUT2D eigenvalue weighted by Gasteiger charge is -2.16. The summed E-state index contributed by atoms with van der Waals surface area (Å²) in [6.07, 6.45) is 0.809. The highest BCUT2D eigenvalue weighted by molar-refractivity contribution is 6.31. The van der Waals surface area contributed by atoms with Crippen LogP contribution in [0.5, 0.6) is 0 Å². The molecule has 5 nitrogen and oxygen atoms in total. The molecule has 0 aliphatic carbocycles. The molecule has 0 aliphatic heterocycles. The summed E-state index contributed by atoms with van der Waals surface area (Å²) in [7, 11) is 0. The van der Waals surface area contributed by atoms with E-state index in [-0.39, 0.29) is 24.5 Å². The van der Waals surface area contributed by atoms with Gasteiger partial charge in [0.05, 0.1) is 6.54 Å². The smallest absolute Gasteiger partial charge is 0.321 e. The fourth-order valence-corrected chi connectivity index (χ4v) is 2.01. The topological polar surface area (TPSA) is 70.2 Å². The summed E-state index contributed by atoms with van der Waals surface area (Å²) in [5.41, 5.74) is 0.913. The lowest BCUT2D eigenvalue weighted by Crippen LogP contribution is -2.46. The summed E-state index contributed by atoms with van der Waals surface area (Å²) >= 11 is 6.09. The van der Waals surface area contributed by atoms with Crippen molar-refractivity contribution in [3.05, 3.63) is 34.9 Å². The fraction of sp³-hybridized carbons (Fsp3) is 0.467. The highest BCUT2D eigenvalue weighted by Gasteiger charge is 2.13. The molecule has 1 aromatic rings. The minimum absolute atomic E-state index is 0.0350. The quantitative estimate of drug-likeness (QED) is 0.756. The van der Waals surface area contributed by atoms with E-state index in [0.717, 1.165) is 12.0 Å². The first kappa shape index (κ1) is 17.5. The zero-order valence-corrected chi connectivity index (χ0v) is 13.3. The average Bonchev–Trinajstić information content (AvgIpc) is 2.44. The predicted octanol–water partition coefficient (Wildman–Crippen LogP) is 2.61. The van der Waals surface area contributed by atoms with E-state index in [1.165, 1.54) is 0 Å². The molecule has 0 bridgehead atoms. The average molecular weight is 312 g/mol. The van der Waals surface area contributed by atoms with Gasteiger partial charge in [-0.1, -0.05) is 36.7 Å². The molecule has 3 N–H and O–H groups in total. The molecule has 0 saturated heterocycles. The summed E-state index contributed by atoms with van der Waals surface area (Å²) in [6, 6.07) is 6.92. The molecule has 0 spiro atoms. The maximum Gasteiger partial charge on any atom is 0.321 e. The monoisotopic (exact) mass is 311 g/mol. The molecule has 116 valence electrons. The van der Waals surface area contributed by atoms with Crippen LogP contribution in [0.4, 0.5) is 4.79 Å². The Morgan fingerprint density at radius 3 is 2.52 bits per heavy atom. The number of carbonyl (C=O) groups excluding carboxylic acids is 2. The van der Waals surface area contributed by atoms with Crippen molar-refractivity contribution in [2.24, 2.45) is 0 Å². The molecular weight excluding hydrogens is 290 g/mol. The van der Waals surface area contributed by atoms with Crippen LogP contribution in [-0.2, 0) is 4.79 Å². The van der Waals surface area contributed by atoms with Gasteiger partial charge in [-0.25, -0.2) is 4.79 Å². The van der Waals surface area contributed by atoms with E-state index in [1.54, 1.807) is 6.07 Å². The van der Waals surface area contributed by atoms with Crippen LogP contribution < -0.4 is 16.0 Å². The van der Waals surface area contributed by atoms with Crippen LogP contribution in [0, 0.1) is 0 Å². The SMILES string of the molecule is CC[C@@H](C)NC(=O)NC(=O)CN[C@H](C)c1ccccc1Cl. The molecule has 0 aliphatic rings. The van der Waals surface area contributed by atoms with E-state index in [2.05, 4.69) is 16.0 Å². The first-order chi connectivity index (χ1) is 9.93. The molecule has 0 unspecified atom stereocenters. The Morgan fingerprint density at radius 2 is 1.90 bits per heavy atom. The number of imide groups is 1. The van der Waals surface area contributed by atoms with Crippen LogP contribution in [0.2, 0.25) is 5.02 Å². The van der Waals surface area contributed by atoms with E-state index >= 15 is 0 Å². The Labute approximate surface area is 130 Å². The standard InChI is InChI=1S/C15H22ClN3O2/c1-4-10(2)18-15(21)19-14(20)9-17-11(3)12-7-5-6-8-13(12)16/h5-8,10-11,17H,4,9H2,1-3H3,(H2,18,19,20,21)/t10-,11-/m1/s1. The Kier molecular flexibility index (Phi) is 7.19. The zero-order valence-electron chi connectivity index (χ0n) is 12.6. The third kappa shape index (κ3) is 6.14. The van der Waals surface area contributed by atoms with Gasteiger partial charge in [-0.3, -0.25) is 10.1 Å². The van der Waals surface area contributed by atoms with E-state index < -0.39 is 6.03 Å². The number of urea groups is 1. The third-order valence-corrected chi connectivity index (χ3v) is 3.53. The van der Waals surface area contributed by atoms with Crippen molar-refractivity contribution in [1.82, 2.24) is 16.0 Å². The van der Waals surface area contributed by atoms with Gasteiger partial charge in [-0.2, -0.15) is 0 Å². The van der Waals surface area contributed by atoms with E-state index in [0.29, 0.717) is 5.02 Å². The maximum atomic E-state index is 11.7.